The van der Waals surface area contributed by atoms with Gasteiger partial charge in [-0.3, -0.25) is 4.79 Å². The Morgan fingerprint density at radius 2 is 1.68 bits per heavy atom. The van der Waals surface area contributed by atoms with E-state index in [-0.39, 0.29) is 30.3 Å². The molecule has 0 heterocycles. The highest BCUT2D eigenvalue weighted by molar-refractivity contribution is 5.85. The van der Waals surface area contributed by atoms with Crippen LogP contribution in [0.25, 0.3) is 0 Å². The summed E-state index contributed by atoms with van der Waals surface area (Å²) >= 11 is 0. The van der Waals surface area contributed by atoms with Crippen LogP contribution in [0.4, 0.5) is 0 Å². The van der Waals surface area contributed by atoms with Crippen LogP contribution >= 0.6 is 12.4 Å². The molecule has 2 rings (SSSR count). The summed E-state index contributed by atoms with van der Waals surface area (Å²) in [5.41, 5.74) is 8.52. The molecular weight excluding hydrogens is 332 g/mol. The van der Waals surface area contributed by atoms with E-state index < -0.39 is 0 Å². The van der Waals surface area contributed by atoms with Gasteiger partial charge in [0.25, 0.3) is 0 Å². The monoisotopic (exact) mass is 358 g/mol. The molecule has 2 unspecified atom stereocenters. The summed E-state index contributed by atoms with van der Waals surface area (Å²) in [6.07, 6.45) is 2.59. The number of hydrogen-bond donors (Lipinski definition) is 1. The summed E-state index contributed by atoms with van der Waals surface area (Å²) in [7, 11) is 0. The molecule has 2 aromatic rings. The zero-order valence-electron chi connectivity index (χ0n) is 14.7. The average molecular weight is 359 g/mol. The van der Waals surface area contributed by atoms with Crippen LogP contribution in [0.1, 0.15) is 24.1 Å². The van der Waals surface area contributed by atoms with Gasteiger partial charge in [-0.2, -0.15) is 0 Å². The molecule has 2 N–H and O–H groups in total. The van der Waals surface area contributed by atoms with Gasteiger partial charge < -0.3 is 10.6 Å². The predicted molar refractivity (Wildman–Crippen MR) is 107 cm³/mol. The average Bonchev–Trinajstić information content (AvgIpc) is 2.65. The lowest BCUT2D eigenvalue weighted by Gasteiger charge is -2.28. The summed E-state index contributed by atoms with van der Waals surface area (Å²) in [5, 5.41) is 0. The van der Waals surface area contributed by atoms with Crippen LogP contribution < -0.4 is 5.73 Å². The van der Waals surface area contributed by atoms with Crippen molar-refractivity contribution in [3.05, 3.63) is 84.4 Å². The smallest absolute Gasteiger partial charge is 0.227 e. The van der Waals surface area contributed by atoms with Crippen LogP contribution in [0.5, 0.6) is 0 Å². The highest BCUT2D eigenvalue weighted by Gasteiger charge is 2.26. The molecule has 0 aromatic heterocycles. The van der Waals surface area contributed by atoms with Gasteiger partial charge in [0, 0.05) is 19.1 Å². The Morgan fingerprint density at radius 3 is 2.24 bits per heavy atom. The van der Waals surface area contributed by atoms with Crippen LogP contribution in [0.3, 0.4) is 0 Å². The van der Waals surface area contributed by atoms with Crippen LogP contribution in [-0.2, 0) is 11.2 Å². The van der Waals surface area contributed by atoms with Gasteiger partial charge in [-0.05, 0) is 17.5 Å². The van der Waals surface area contributed by atoms with Gasteiger partial charge in [0.2, 0.25) is 5.91 Å². The predicted octanol–water partition coefficient (Wildman–Crippen LogP) is 4.00. The molecule has 0 bridgehead atoms. The minimum Gasteiger partial charge on any atom is -0.338 e. The molecule has 0 aliphatic carbocycles. The number of carbonyl (C=O) groups is 1. The summed E-state index contributed by atoms with van der Waals surface area (Å²) in [5.74, 6) is -0.203. The molecule has 0 saturated heterocycles. The molecule has 0 aliphatic rings. The summed E-state index contributed by atoms with van der Waals surface area (Å²) in [6.45, 7) is 6.88. The number of halogens is 1. The summed E-state index contributed by atoms with van der Waals surface area (Å²) < 4.78 is 0. The van der Waals surface area contributed by atoms with Crippen molar-refractivity contribution < 1.29 is 4.79 Å². The number of amides is 1. The molecule has 0 radical (unpaired) electrons. The van der Waals surface area contributed by atoms with Crippen molar-refractivity contribution in [3.63, 3.8) is 0 Å². The lowest BCUT2D eigenvalue weighted by molar-refractivity contribution is -0.135. The van der Waals surface area contributed by atoms with Crippen LogP contribution in [0.2, 0.25) is 0 Å². The van der Waals surface area contributed by atoms with Crippen LogP contribution in [0.15, 0.2) is 73.3 Å². The van der Waals surface area contributed by atoms with Gasteiger partial charge in [0.15, 0.2) is 0 Å². The zero-order chi connectivity index (χ0) is 17.4. The van der Waals surface area contributed by atoms with E-state index >= 15 is 0 Å². The molecule has 134 valence electrons. The van der Waals surface area contributed by atoms with Crippen molar-refractivity contribution in [2.24, 2.45) is 11.7 Å². The summed E-state index contributed by atoms with van der Waals surface area (Å²) in [4.78, 5) is 14.7. The number of carbonyl (C=O) groups excluding carboxylic acids is 1. The topological polar surface area (TPSA) is 46.3 Å². The fraction of sp³-hybridized carbons (Fsp3) is 0.286. The van der Waals surface area contributed by atoms with E-state index in [1.807, 2.05) is 60.4 Å². The quantitative estimate of drug-likeness (QED) is 0.725. The van der Waals surface area contributed by atoms with E-state index in [0.717, 1.165) is 12.0 Å². The third-order valence-electron chi connectivity index (χ3n) is 4.29. The molecule has 4 heteroatoms. The fourth-order valence-corrected chi connectivity index (χ4v) is 2.76. The largest absolute Gasteiger partial charge is 0.338 e. The molecular formula is C21H27ClN2O. The maximum Gasteiger partial charge on any atom is 0.227 e. The maximum absolute atomic E-state index is 12.9. The Balaban J connectivity index is 0.00000312. The van der Waals surface area contributed by atoms with E-state index in [0.29, 0.717) is 13.1 Å². The molecule has 2 atom stereocenters. The third-order valence-corrected chi connectivity index (χ3v) is 4.29. The van der Waals surface area contributed by atoms with Crippen molar-refractivity contribution >= 4 is 18.3 Å². The summed E-state index contributed by atoms with van der Waals surface area (Å²) in [6, 6.07) is 19.7. The number of hydrogen-bond acceptors (Lipinski definition) is 2. The fourth-order valence-electron chi connectivity index (χ4n) is 2.76. The van der Waals surface area contributed by atoms with E-state index in [1.54, 1.807) is 6.08 Å². The van der Waals surface area contributed by atoms with Crippen LogP contribution in [-0.4, -0.2) is 23.9 Å². The second kappa shape index (κ2) is 10.7. The normalized spacial score (nSPS) is 12.6. The molecule has 0 fully saturated rings. The van der Waals surface area contributed by atoms with Crippen molar-refractivity contribution in [2.45, 2.75) is 19.4 Å². The van der Waals surface area contributed by atoms with Gasteiger partial charge in [-0.25, -0.2) is 0 Å². The molecule has 0 spiro atoms. The Hall–Kier alpha value is -2.10. The Bertz CT molecular complexity index is 645. The Kier molecular flexibility index (Phi) is 8.96. The lowest BCUT2D eigenvalue weighted by Crippen LogP contribution is -2.40. The number of nitrogens with zero attached hydrogens (tertiary/aromatic N) is 1. The first-order valence-corrected chi connectivity index (χ1v) is 8.37. The van der Waals surface area contributed by atoms with Crippen LogP contribution in [0, 0.1) is 5.92 Å². The first kappa shape index (κ1) is 20.9. The minimum atomic E-state index is -0.303. The van der Waals surface area contributed by atoms with Crippen molar-refractivity contribution in [2.75, 3.05) is 13.1 Å². The molecule has 2 aromatic carbocycles. The molecule has 25 heavy (non-hydrogen) atoms. The van der Waals surface area contributed by atoms with Gasteiger partial charge in [0.05, 0.1) is 5.92 Å². The van der Waals surface area contributed by atoms with Crippen molar-refractivity contribution in [1.29, 1.82) is 0 Å². The third kappa shape index (κ3) is 6.04. The molecule has 1 amide bonds. The molecule has 0 aliphatic heterocycles. The van der Waals surface area contributed by atoms with Gasteiger partial charge >= 0.3 is 0 Å². The van der Waals surface area contributed by atoms with Crippen molar-refractivity contribution in [3.8, 4) is 0 Å². The highest BCUT2D eigenvalue weighted by Crippen LogP contribution is 2.21. The lowest BCUT2D eigenvalue weighted by atomic mass is 9.94. The Labute approximate surface area is 156 Å². The van der Waals surface area contributed by atoms with Gasteiger partial charge in [-0.1, -0.05) is 73.7 Å². The first-order chi connectivity index (χ1) is 11.6. The number of benzene rings is 2. The van der Waals surface area contributed by atoms with E-state index in [4.69, 9.17) is 5.73 Å². The van der Waals surface area contributed by atoms with E-state index in [2.05, 4.69) is 18.7 Å². The van der Waals surface area contributed by atoms with Gasteiger partial charge in [0.1, 0.15) is 0 Å². The van der Waals surface area contributed by atoms with E-state index in [9.17, 15) is 4.79 Å². The second-order valence-corrected chi connectivity index (χ2v) is 6.03. The molecule has 0 saturated carbocycles. The minimum absolute atomic E-state index is 0. The second-order valence-electron chi connectivity index (χ2n) is 6.03. The number of nitrogens with two attached hydrogens (primary N) is 1. The molecule has 3 nitrogen and oxygen atoms in total. The SMILES string of the molecule is C=CCN(CCc1ccccc1)C(=O)C(C)C(N)c1ccccc1.Cl. The highest BCUT2D eigenvalue weighted by atomic mass is 35.5. The standard InChI is InChI=1S/C21H26N2O.ClH/c1-3-15-23(16-14-18-10-6-4-7-11-18)21(24)17(2)20(22)19-12-8-5-9-13-19;/h3-13,17,20H,1,14-16,22H2,2H3;1H. The first-order valence-electron chi connectivity index (χ1n) is 8.37. The maximum atomic E-state index is 12.9. The number of rotatable bonds is 8. The van der Waals surface area contributed by atoms with E-state index in [1.165, 1.54) is 5.56 Å². The van der Waals surface area contributed by atoms with Crippen molar-refractivity contribution in [1.82, 2.24) is 4.90 Å². The van der Waals surface area contributed by atoms with Gasteiger partial charge in [-0.15, -0.1) is 19.0 Å². The zero-order valence-corrected chi connectivity index (χ0v) is 15.5. The Morgan fingerprint density at radius 1 is 1.12 bits per heavy atom.